The van der Waals surface area contributed by atoms with Crippen LogP contribution in [0.5, 0.6) is 0 Å². The summed E-state index contributed by atoms with van der Waals surface area (Å²) in [6, 6.07) is 10.5. The number of hydrogen-bond donors (Lipinski definition) is 2. The quantitative estimate of drug-likeness (QED) is 0.753. The Morgan fingerprint density at radius 2 is 2.10 bits per heavy atom. The molecule has 0 atom stereocenters. The molecule has 0 unspecified atom stereocenters. The zero-order chi connectivity index (χ0) is 13.9. The lowest BCUT2D eigenvalue weighted by atomic mass is 10.2. The van der Waals surface area contributed by atoms with E-state index in [1.165, 1.54) is 6.26 Å². The summed E-state index contributed by atoms with van der Waals surface area (Å²) in [6.07, 6.45) is 1.53. The molecule has 3 aromatic rings. The molecular formula is C14H11N3O3. The number of furan rings is 1. The summed E-state index contributed by atoms with van der Waals surface area (Å²) in [7, 11) is 0. The number of nitrogens with zero attached hydrogens (tertiary/aromatic N) is 1. The Balaban J connectivity index is 1.93. The Bertz CT molecular complexity index is 806. The predicted octanol–water partition coefficient (Wildman–Crippen LogP) is 1.45. The fraction of sp³-hybridized carbons (Fsp3) is 0.0714. The first-order valence-electron chi connectivity index (χ1n) is 6.04. The van der Waals surface area contributed by atoms with Crippen LogP contribution in [-0.4, -0.2) is 15.9 Å². The van der Waals surface area contributed by atoms with Crippen LogP contribution in [-0.2, 0) is 6.54 Å². The third-order valence-corrected chi connectivity index (χ3v) is 2.86. The van der Waals surface area contributed by atoms with Crippen LogP contribution in [0.1, 0.15) is 16.2 Å². The SMILES string of the molecule is O=C(NCc1ccco1)c1nc(=O)[nH]c2ccccc12. The van der Waals surface area contributed by atoms with Crippen molar-refractivity contribution in [2.45, 2.75) is 6.54 Å². The van der Waals surface area contributed by atoms with Crippen LogP contribution in [0, 0.1) is 0 Å². The Hall–Kier alpha value is -2.89. The summed E-state index contributed by atoms with van der Waals surface area (Å²) in [4.78, 5) is 30.0. The van der Waals surface area contributed by atoms with E-state index < -0.39 is 11.6 Å². The number of carbonyl (C=O) groups excluding carboxylic acids is 1. The highest BCUT2D eigenvalue weighted by Gasteiger charge is 2.13. The van der Waals surface area contributed by atoms with Crippen molar-refractivity contribution in [2.24, 2.45) is 0 Å². The van der Waals surface area contributed by atoms with Gasteiger partial charge in [0, 0.05) is 5.39 Å². The van der Waals surface area contributed by atoms with E-state index in [0.717, 1.165) is 0 Å². The molecule has 100 valence electrons. The van der Waals surface area contributed by atoms with Gasteiger partial charge in [0.1, 0.15) is 11.5 Å². The minimum atomic E-state index is -0.549. The van der Waals surface area contributed by atoms with Crippen LogP contribution in [0.25, 0.3) is 10.9 Å². The molecule has 0 aliphatic heterocycles. The van der Waals surface area contributed by atoms with E-state index in [1.54, 1.807) is 36.4 Å². The fourth-order valence-electron chi connectivity index (χ4n) is 1.94. The number of carbonyl (C=O) groups is 1. The zero-order valence-electron chi connectivity index (χ0n) is 10.4. The average Bonchev–Trinajstić information content (AvgIpc) is 2.97. The van der Waals surface area contributed by atoms with Crippen LogP contribution >= 0.6 is 0 Å². The summed E-state index contributed by atoms with van der Waals surface area (Å²) in [5, 5.41) is 3.27. The van der Waals surface area contributed by atoms with Crippen molar-refractivity contribution in [3.63, 3.8) is 0 Å². The highest BCUT2D eigenvalue weighted by atomic mass is 16.3. The second-order valence-electron chi connectivity index (χ2n) is 4.20. The highest BCUT2D eigenvalue weighted by molar-refractivity contribution is 6.03. The Labute approximate surface area is 113 Å². The molecule has 1 aromatic carbocycles. The number of para-hydroxylation sites is 1. The number of benzene rings is 1. The minimum Gasteiger partial charge on any atom is -0.467 e. The molecule has 1 amide bonds. The average molecular weight is 269 g/mol. The standard InChI is InChI=1S/C14H11N3O3/c18-13(15-8-9-4-3-7-20-9)12-10-5-1-2-6-11(10)16-14(19)17-12/h1-7H,8H2,(H,15,18)(H,16,17,19). The van der Waals surface area contributed by atoms with Gasteiger partial charge in [0.25, 0.3) is 5.91 Å². The second-order valence-corrected chi connectivity index (χ2v) is 4.20. The van der Waals surface area contributed by atoms with Gasteiger partial charge in [-0.1, -0.05) is 18.2 Å². The summed E-state index contributed by atoms with van der Waals surface area (Å²) in [5.74, 6) is 0.219. The van der Waals surface area contributed by atoms with E-state index >= 15 is 0 Å². The van der Waals surface area contributed by atoms with Gasteiger partial charge >= 0.3 is 5.69 Å². The lowest BCUT2D eigenvalue weighted by molar-refractivity contribution is 0.0944. The van der Waals surface area contributed by atoms with Gasteiger partial charge in [-0.3, -0.25) is 4.79 Å². The number of hydrogen-bond acceptors (Lipinski definition) is 4. The largest absolute Gasteiger partial charge is 0.467 e. The van der Waals surface area contributed by atoms with Crippen LogP contribution in [0.4, 0.5) is 0 Å². The van der Waals surface area contributed by atoms with Gasteiger partial charge in [-0.2, -0.15) is 4.98 Å². The maximum atomic E-state index is 12.1. The lowest BCUT2D eigenvalue weighted by Crippen LogP contribution is -2.27. The van der Waals surface area contributed by atoms with Gasteiger partial charge in [-0.15, -0.1) is 0 Å². The summed E-state index contributed by atoms with van der Waals surface area (Å²) in [6.45, 7) is 0.245. The lowest BCUT2D eigenvalue weighted by Gasteiger charge is -2.05. The van der Waals surface area contributed by atoms with E-state index in [9.17, 15) is 9.59 Å². The van der Waals surface area contributed by atoms with Gasteiger partial charge in [0.2, 0.25) is 0 Å². The molecule has 2 aromatic heterocycles. The molecule has 20 heavy (non-hydrogen) atoms. The van der Waals surface area contributed by atoms with E-state index in [0.29, 0.717) is 16.7 Å². The first-order chi connectivity index (χ1) is 9.74. The number of H-pyrrole nitrogens is 1. The maximum Gasteiger partial charge on any atom is 0.346 e. The van der Waals surface area contributed by atoms with E-state index in [-0.39, 0.29) is 12.2 Å². The number of rotatable bonds is 3. The van der Waals surface area contributed by atoms with Crippen molar-refractivity contribution in [3.05, 3.63) is 64.6 Å². The van der Waals surface area contributed by atoms with Crippen LogP contribution in [0.15, 0.2) is 51.9 Å². The molecule has 0 aliphatic rings. The van der Waals surface area contributed by atoms with Crippen molar-refractivity contribution >= 4 is 16.8 Å². The highest BCUT2D eigenvalue weighted by Crippen LogP contribution is 2.12. The van der Waals surface area contributed by atoms with Crippen molar-refractivity contribution in [1.29, 1.82) is 0 Å². The van der Waals surface area contributed by atoms with Crippen molar-refractivity contribution < 1.29 is 9.21 Å². The first-order valence-corrected chi connectivity index (χ1v) is 6.04. The molecule has 0 spiro atoms. The van der Waals surface area contributed by atoms with Crippen molar-refractivity contribution in [3.8, 4) is 0 Å². The molecular weight excluding hydrogens is 258 g/mol. The number of aromatic nitrogens is 2. The Morgan fingerprint density at radius 3 is 2.90 bits per heavy atom. The molecule has 2 N–H and O–H groups in total. The van der Waals surface area contributed by atoms with Crippen molar-refractivity contribution in [2.75, 3.05) is 0 Å². The fourth-order valence-corrected chi connectivity index (χ4v) is 1.94. The maximum absolute atomic E-state index is 12.1. The predicted molar refractivity (Wildman–Crippen MR) is 72.2 cm³/mol. The zero-order valence-corrected chi connectivity index (χ0v) is 10.4. The number of nitrogens with one attached hydrogen (secondary N) is 2. The molecule has 0 fully saturated rings. The molecule has 6 nitrogen and oxygen atoms in total. The topological polar surface area (TPSA) is 88.0 Å². The third-order valence-electron chi connectivity index (χ3n) is 2.86. The summed E-state index contributed by atoms with van der Waals surface area (Å²) >= 11 is 0. The van der Waals surface area contributed by atoms with Gasteiger partial charge in [0.15, 0.2) is 0 Å². The normalized spacial score (nSPS) is 10.6. The monoisotopic (exact) mass is 269 g/mol. The van der Waals surface area contributed by atoms with E-state index in [4.69, 9.17) is 4.42 Å². The number of aromatic amines is 1. The number of amides is 1. The second kappa shape index (κ2) is 5.00. The third kappa shape index (κ3) is 2.31. The first kappa shape index (κ1) is 12.2. The molecule has 2 heterocycles. The minimum absolute atomic E-state index is 0.107. The molecule has 0 radical (unpaired) electrons. The number of fused-ring (bicyclic) bond motifs is 1. The van der Waals surface area contributed by atoms with Crippen LogP contribution in [0.3, 0.4) is 0 Å². The molecule has 6 heteroatoms. The summed E-state index contributed by atoms with van der Waals surface area (Å²) in [5.41, 5.74) is 0.137. The summed E-state index contributed by atoms with van der Waals surface area (Å²) < 4.78 is 5.13. The van der Waals surface area contributed by atoms with Gasteiger partial charge in [0.05, 0.1) is 18.3 Å². The molecule has 0 bridgehead atoms. The van der Waals surface area contributed by atoms with Crippen LogP contribution < -0.4 is 11.0 Å². The Morgan fingerprint density at radius 1 is 1.25 bits per heavy atom. The van der Waals surface area contributed by atoms with Crippen molar-refractivity contribution in [1.82, 2.24) is 15.3 Å². The van der Waals surface area contributed by atoms with Crippen LogP contribution in [0.2, 0.25) is 0 Å². The van der Waals surface area contributed by atoms with Gasteiger partial charge < -0.3 is 14.7 Å². The molecule has 3 rings (SSSR count). The smallest absolute Gasteiger partial charge is 0.346 e. The van der Waals surface area contributed by atoms with Gasteiger partial charge in [-0.25, -0.2) is 4.79 Å². The van der Waals surface area contributed by atoms with E-state index in [1.807, 2.05) is 0 Å². The molecule has 0 aliphatic carbocycles. The Kier molecular flexibility index (Phi) is 3.04. The van der Waals surface area contributed by atoms with E-state index in [2.05, 4.69) is 15.3 Å². The molecule has 0 saturated heterocycles. The van der Waals surface area contributed by atoms with Gasteiger partial charge in [-0.05, 0) is 18.2 Å². The molecule has 0 saturated carbocycles.